The molecule has 0 saturated heterocycles. The van der Waals surface area contributed by atoms with E-state index in [1.807, 2.05) is 138 Å². The van der Waals surface area contributed by atoms with E-state index in [-0.39, 0.29) is 31.7 Å². The molecule has 14 heteroatoms. The van der Waals surface area contributed by atoms with Gasteiger partial charge in [0.2, 0.25) is 5.85 Å². The highest BCUT2D eigenvalue weighted by Crippen LogP contribution is 2.26. The molecule has 5 atom stereocenters. The predicted molar refractivity (Wildman–Crippen MR) is 300 cm³/mol. The molecule has 0 saturated carbocycles. The van der Waals surface area contributed by atoms with Crippen molar-refractivity contribution in [3.63, 3.8) is 0 Å². The van der Waals surface area contributed by atoms with E-state index in [2.05, 4.69) is 65.9 Å². The summed E-state index contributed by atoms with van der Waals surface area (Å²) in [6.07, 6.45) is 0. The van der Waals surface area contributed by atoms with E-state index in [1.165, 1.54) is 40.2 Å². The van der Waals surface area contributed by atoms with Gasteiger partial charge in [-0.1, -0.05) is 143 Å². The van der Waals surface area contributed by atoms with E-state index >= 15 is 0 Å². The standard InChI is InChI=1S/C15H17O2P.C13H13O2P.C12H11O2P.C6H6ClP.C6H6O2.CH3I/c1-12(18-15-6-4-3-5-7-15)17-14-10-8-13(16-2)9-11-14;1-14-11-7-9-12(10-8-11)15-16-13-5-3-2-4-6-13;13-10-6-8-11(9-7-10)14-15-12-4-2-1-3-5-12;7-8-6-4-2-1-3-5-6;7-5-1-2-6(8)4-3-5;1-2/h3-12,18H,1-2H3;2-10,16H,1H3;1-9,13,15H;1-5,8H;1-4,7-8H;1H3/p+1. The molecule has 8 rings (SSSR count). The second kappa shape index (κ2) is 35.1. The van der Waals surface area contributed by atoms with E-state index in [0.717, 1.165) is 34.1 Å². The van der Waals surface area contributed by atoms with Gasteiger partial charge in [0.15, 0.2) is 0 Å². The second-order valence-corrected chi connectivity index (χ2v) is 18.6. The third-order valence-electron chi connectivity index (χ3n) is 8.36. The first-order valence-corrected chi connectivity index (χ1v) is 27.8. The number of hydrogen-bond acceptors (Lipinski definition) is 8. The van der Waals surface area contributed by atoms with Crippen LogP contribution in [0.15, 0.2) is 218 Å². The van der Waals surface area contributed by atoms with Gasteiger partial charge < -0.3 is 38.6 Å². The number of rotatable bonds is 13. The van der Waals surface area contributed by atoms with Gasteiger partial charge in [-0.3, -0.25) is 0 Å². The van der Waals surface area contributed by atoms with Crippen molar-refractivity contribution in [2.45, 2.75) is 12.8 Å². The molecule has 8 aromatic rings. The highest BCUT2D eigenvalue weighted by Gasteiger charge is 2.11. The van der Waals surface area contributed by atoms with Crippen molar-refractivity contribution in [1.29, 1.82) is 0 Å². The summed E-state index contributed by atoms with van der Waals surface area (Å²) < 4.78 is 27.3. The molecule has 0 aliphatic heterocycles. The summed E-state index contributed by atoms with van der Waals surface area (Å²) in [6.45, 7) is 2.12. The van der Waals surface area contributed by atoms with Crippen LogP contribution in [0.3, 0.4) is 0 Å². The van der Waals surface area contributed by atoms with E-state index in [4.69, 9.17) is 49.8 Å². The number of alkyl halides is 1. The Labute approximate surface area is 421 Å². The summed E-state index contributed by atoms with van der Waals surface area (Å²) in [4.78, 5) is 1.97. The summed E-state index contributed by atoms with van der Waals surface area (Å²) >= 11 is 7.70. The molecule has 5 unspecified atom stereocenters. The van der Waals surface area contributed by atoms with Crippen LogP contribution in [0.1, 0.15) is 6.92 Å². The Hall–Kier alpha value is -5.10. The summed E-state index contributed by atoms with van der Waals surface area (Å²) in [5.74, 6) is 5.06. The highest BCUT2D eigenvalue weighted by molar-refractivity contribution is 14.1. The normalized spacial score (nSPS) is 10.7. The third kappa shape index (κ3) is 25.6. The third-order valence-corrected chi connectivity index (χ3v) is 12.8. The molecule has 0 amide bonds. The summed E-state index contributed by atoms with van der Waals surface area (Å²) in [5, 5.41) is 31.3. The van der Waals surface area contributed by atoms with Crippen LogP contribution in [0.2, 0.25) is 0 Å². The Morgan fingerprint density at radius 1 is 0.418 bits per heavy atom. The fourth-order valence-electron chi connectivity index (χ4n) is 5.10. The predicted octanol–water partition coefficient (Wildman–Crippen LogP) is 13.1. The molecule has 0 fully saturated rings. The average Bonchev–Trinajstić information content (AvgIpc) is 3.39. The molecule has 0 bridgehead atoms. The first-order chi connectivity index (χ1) is 32.7. The van der Waals surface area contributed by atoms with Crippen molar-refractivity contribution in [2.24, 2.45) is 0 Å². The van der Waals surface area contributed by atoms with Crippen LogP contribution < -0.4 is 44.5 Å². The monoisotopic (exact) mass is 1110 g/mol. The molecule has 67 heavy (non-hydrogen) atoms. The van der Waals surface area contributed by atoms with Gasteiger partial charge in [0.05, 0.1) is 28.1 Å². The number of benzene rings is 8. The van der Waals surface area contributed by atoms with Gasteiger partial charge in [-0.2, -0.15) is 0 Å². The van der Waals surface area contributed by atoms with Gasteiger partial charge in [-0.15, -0.1) is 0 Å². The minimum atomic E-state index is 0.124. The van der Waals surface area contributed by atoms with Crippen molar-refractivity contribution in [2.75, 3.05) is 19.2 Å². The van der Waals surface area contributed by atoms with Crippen LogP contribution in [0.4, 0.5) is 0 Å². The van der Waals surface area contributed by atoms with Gasteiger partial charge in [0, 0.05) is 25.5 Å². The number of phenolic OH excluding ortho intramolecular Hbond substituents is 3. The van der Waals surface area contributed by atoms with Gasteiger partial charge in [0.1, 0.15) is 63.6 Å². The van der Waals surface area contributed by atoms with Gasteiger partial charge in [-0.05, 0) is 119 Å². The topological polar surface area (TPSA) is 107 Å². The fraction of sp³-hybridized carbons (Fsp3) is 0.0943. The van der Waals surface area contributed by atoms with Crippen LogP contribution in [-0.2, 0) is 0 Å². The Morgan fingerprint density at radius 2 is 0.716 bits per heavy atom. The highest BCUT2D eigenvalue weighted by atomic mass is 127. The molecule has 350 valence electrons. The molecule has 8 nitrogen and oxygen atoms in total. The number of methoxy groups -OCH3 is 2. The maximum atomic E-state index is 9.09. The smallest absolute Gasteiger partial charge is 0.203 e. The van der Waals surface area contributed by atoms with Crippen molar-refractivity contribution >= 4 is 89.2 Å². The lowest BCUT2D eigenvalue weighted by molar-refractivity contribution is 0.305. The van der Waals surface area contributed by atoms with Crippen LogP contribution in [0.25, 0.3) is 0 Å². The SMILES string of the molecule is CI.COc1ccc(OC(C)[PH2+]c2ccccc2)cc1.COc1ccc(OPc2ccccc2)cc1.ClPc1ccccc1.Oc1ccc(O)cc1.Oc1ccc(OPc2ccccc2)cc1. The molecule has 0 aliphatic carbocycles. The lowest BCUT2D eigenvalue weighted by atomic mass is 10.3. The number of halogens is 2. The maximum Gasteiger partial charge on any atom is 0.203 e. The zero-order valence-corrected chi connectivity index (χ0v) is 44.6. The van der Waals surface area contributed by atoms with Crippen LogP contribution >= 0.6 is 68.0 Å². The molecule has 0 spiro atoms. The first-order valence-electron chi connectivity index (χ1n) is 20.6. The molecule has 3 N–H and O–H groups in total. The summed E-state index contributed by atoms with van der Waals surface area (Å²) in [5.41, 5.74) is 0. The Morgan fingerprint density at radius 3 is 1.06 bits per heavy atom. The first kappa shape index (κ1) is 56.2. The van der Waals surface area contributed by atoms with Crippen molar-refractivity contribution in [3.8, 4) is 46.0 Å². The summed E-state index contributed by atoms with van der Waals surface area (Å²) in [7, 11) is 4.48. The van der Waals surface area contributed by atoms with E-state index in [0.29, 0.717) is 25.5 Å². The molecule has 0 heterocycles. The van der Waals surface area contributed by atoms with E-state index in [9.17, 15) is 0 Å². The lowest BCUT2D eigenvalue weighted by Gasteiger charge is -2.10. The van der Waals surface area contributed by atoms with Crippen LogP contribution in [-0.4, -0.2) is 40.3 Å². The minimum absolute atomic E-state index is 0.124. The molecule has 0 radical (unpaired) electrons. The zero-order chi connectivity index (χ0) is 48.3. The largest absolute Gasteiger partial charge is 0.508 e. The van der Waals surface area contributed by atoms with Gasteiger partial charge >= 0.3 is 0 Å². The Kier molecular flexibility index (Phi) is 29.5. The lowest BCUT2D eigenvalue weighted by Crippen LogP contribution is -2.09. The molecule has 0 aromatic heterocycles. The average molecular weight is 1110 g/mol. The Balaban J connectivity index is 0.000000227. The summed E-state index contributed by atoms with van der Waals surface area (Å²) in [6, 6.07) is 68.4. The number of aromatic hydroxyl groups is 3. The molecular weight excluding hydrogens is 1050 g/mol. The van der Waals surface area contributed by atoms with Crippen molar-refractivity contribution < 1.29 is 38.6 Å². The number of phenols is 3. The quantitative estimate of drug-likeness (QED) is 0.0454. The fourth-order valence-corrected chi connectivity index (χ4v) is 8.41. The molecular formula is C53H57ClIO8P4+. The van der Waals surface area contributed by atoms with E-state index < -0.39 is 0 Å². The van der Waals surface area contributed by atoms with Gasteiger partial charge in [0.25, 0.3) is 0 Å². The van der Waals surface area contributed by atoms with Gasteiger partial charge in [-0.25, -0.2) is 0 Å². The van der Waals surface area contributed by atoms with Crippen LogP contribution in [0.5, 0.6) is 46.0 Å². The van der Waals surface area contributed by atoms with E-state index in [1.54, 1.807) is 38.5 Å². The zero-order valence-electron chi connectivity index (χ0n) is 37.6. The molecule has 8 aromatic carbocycles. The Bertz CT molecular complexity index is 2390. The van der Waals surface area contributed by atoms with Crippen LogP contribution in [0, 0.1) is 0 Å². The number of ether oxygens (including phenoxy) is 3. The maximum absolute atomic E-state index is 9.09. The van der Waals surface area contributed by atoms with Crippen molar-refractivity contribution in [1.82, 2.24) is 0 Å². The van der Waals surface area contributed by atoms with Crippen molar-refractivity contribution in [3.05, 3.63) is 218 Å². The minimum Gasteiger partial charge on any atom is -0.508 e. The second-order valence-electron chi connectivity index (χ2n) is 13.4. The number of hydrogen-bond donors (Lipinski definition) is 3. The molecule has 0 aliphatic rings.